The van der Waals surface area contributed by atoms with Crippen LogP contribution in [0.1, 0.15) is 30.1 Å². The molecule has 1 N–H and O–H groups in total. The molecule has 19 heavy (non-hydrogen) atoms. The van der Waals surface area contributed by atoms with Crippen molar-refractivity contribution in [2.24, 2.45) is 0 Å². The largest absolute Gasteiger partial charge is 0.449 e. The lowest BCUT2D eigenvalue weighted by molar-refractivity contribution is -0.129. The van der Waals surface area contributed by atoms with Crippen molar-refractivity contribution < 1.29 is 14.3 Å². The molecule has 2 rings (SSSR count). The summed E-state index contributed by atoms with van der Waals surface area (Å²) in [6, 6.07) is 1.57. The van der Waals surface area contributed by atoms with Crippen LogP contribution in [0.5, 0.6) is 0 Å². The number of esters is 1. The number of nitrogens with zero attached hydrogens (tertiary/aromatic N) is 1. The number of ether oxygens (including phenoxy) is 1. The minimum Gasteiger partial charge on any atom is -0.449 e. The number of halogens is 2. The highest BCUT2D eigenvalue weighted by molar-refractivity contribution is 6.41. The summed E-state index contributed by atoms with van der Waals surface area (Å²) in [5, 5.41) is 3.02. The van der Waals surface area contributed by atoms with Gasteiger partial charge in [0.15, 0.2) is 6.10 Å². The molecule has 0 aliphatic heterocycles. The van der Waals surface area contributed by atoms with E-state index < -0.39 is 12.1 Å². The minimum absolute atomic E-state index is 0.109. The molecule has 7 heteroatoms. The summed E-state index contributed by atoms with van der Waals surface area (Å²) in [5.41, 5.74) is 0.153. The van der Waals surface area contributed by atoms with Crippen LogP contribution in [0.3, 0.4) is 0 Å². The molecule has 1 fully saturated rings. The van der Waals surface area contributed by atoms with Crippen LogP contribution >= 0.6 is 23.2 Å². The van der Waals surface area contributed by atoms with Gasteiger partial charge in [0.2, 0.25) is 0 Å². The Morgan fingerprint density at radius 3 is 2.74 bits per heavy atom. The molecule has 1 saturated carbocycles. The van der Waals surface area contributed by atoms with E-state index in [-0.39, 0.29) is 27.7 Å². The van der Waals surface area contributed by atoms with Crippen LogP contribution in [0.4, 0.5) is 0 Å². The smallest absolute Gasteiger partial charge is 0.340 e. The van der Waals surface area contributed by atoms with Gasteiger partial charge in [0, 0.05) is 12.2 Å². The van der Waals surface area contributed by atoms with Crippen molar-refractivity contribution in [1.82, 2.24) is 10.3 Å². The molecule has 5 nitrogen and oxygen atoms in total. The highest BCUT2D eigenvalue weighted by Gasteiger charge is 2.27. The fourth-order valence-corrected chi connectivity index (χ4v) is 1.63. The second-order valence-electron chi connectivity index (χ2n) is 4.33. The highest BCUT2D eigenvalue weighted by atomic mass is 35.5. The molecule has 102 valence electrons. The Morgan fingerprint density at radius 1 is 1.47 bits per heavy atom. The first kappa shape index (κ1) is 14.1. The lowest BCUT2D eigenvalue weighted by Gasteiger charge is -2.13. The molecule has 0 bridgehead atoms. The zero-order valence-electron chi connectivity index (χ0n) is 10.2. The molecule has 1 amide bonds. The van der Waals surface area contributed by atoms with Gasteiger partial charge in [-0.3, -0.25) is 4.79 Å². The molecule has 1 aliphatic carbocycles. The lowest BCUT2D eigenvalue weighted by Crippen LogP contribution is -2.37. The molecule has 0 saturated heterocycles. The molecule has 0 unspecified atom stereocenters. The first-order valence-electron chi connectivity index (χ1n) is 5.80. The molecular weight excluding hydrogens is 291 g/mol. The third-order valence-corrected chi connectivity index (χ3v) is 3.29. The maximum atomic E-state index is 11.8. The summed E-state index contributed by atoms with van der Waals surface area (Å²) in [6.07, 6.45) is 2.34. The molecule has 1 aromatic rings. The van der Waals surface area contributed by atoms with Crippen LogP contribution in [0.2, 0.25) is 10.2 Å². The second kappa shape index (κ2) is 5.75. The molecule has 0 spiro atoms. The van der Waals surface area contributed by atoms with E-state index in [2.05, 4.69) is 10.3 Å². The topological polar surface area (TPSA) is 68.3 Å². The van der Waals surface area contributed by atoms with Gasteiger partial charge >= 0.3 is 5.97 Å². The number of aromatic nitrogens is 1. The van der Waals surface area contributed by atoms with Crippen LogP contribution < -0.4 is 5.32 Å². The van der Waals surface area contributed by atoms with E-state index in [9.17, 15) is 9.59 Å². The van der Waals surface area contributed by atoms with Crippen LogP contribution in [-0.4, -0.2) is 29.0 Å². The summed E-state index contributed by atoms with van der Waals surface area (Å²) >= 11 is 11.4. The summed E-state index contributed by atoms with van der Waals surface area (Å²) in [5.74, 6) is -0.964. The standard InChI is InChI=1S/C12H12Cl2N2O3/c1-6(11(17)16-8-2-3-8)19-12(18)7-4-9(13)10(14)15-5-7/h4-6,8H,2-3H2,1H3,(H,16,17)/t6-/m1/s1. The number of nitrogens with one attached hydrogen (secondary N) is 1. The van der Waals surface area contributed by atoms with Crippen LogP contribution in [0, 0.1) is 0 Å². The lowest BCUT2D eigenvalue weighted by atomic mass is 10.3. The van der Waals surface area contributed by atoms with Gasteiger partial charge in [-0.2, -0.15) is 0 Å². The molecule has 1 atom stereocenters. The van der Waals surface area contributed by atoms with Gasteiger partial charge in [-0.1, -0.05) is 23.2 Å². The van der Waals surface area contributed by atoms with Crippen molar-refractivity contribution in [1.29, 1.82) is 0 Å². The summed E-state index contributed by atoms with van der Waals surface area (Å²) in [7, 11) is 0. The third-order valence-electron chi connectivity index (χ3n) is 2.61. The average Bonchev–Trinajstić information content (AvgIpc) is 3.16. The maximum absolute atomic E-state index is 11.8. The zero-order chi connectivity index (χ0) is 14.0. The Hall–Kier alpha value is -1.33. The third kappa shape index (κ3) is 3.81. The van der Waals surface area contributed by atoms with Crippen molar-refractivity contribution in [3.05, 3.63) is 28.0 Å². The van der Waals surface area contributed by atoms with Crippen LogP contribution in [0.25, 0.3) is 0 Å². The number of carbonyl (C=O) groups is 2. The Bertz CT molecular complexity index is 518. The zero-order valence-corrected chi connectivity index (χ0v) is 11.7. The Labute approximate surface area is 120 Å². The number of carbonyl (C=O) groups excluding carboxylic acids is 2. The van der Waals surface area contributed by atoms with Gasteiger partial charge in [-0.05, 0) is 25.8 Å². The van der Waals surface area contributed by atoms with Crippen molar-refractivity contribution in [2.75, 3.05) is 0 Å². The fourth-order valence-electron chi connectivity index (χ4n) is 1.36. The molecule has 1 heterocycles. The van der Waals surface area contributed by atoms with Crippen LogP contribution in [-0.2, 0) is 9.53 Å². The van der Waals surface area contributed by atoms with E-state index in [1.54, 1.807) is 0 Å². The number of hydrogen-bond acceptors (Lipinski definition) is 4. The molecule has 0 radical (unpaired) electrons. The minimum atomic E-state index is -0.859. The maximum Gasteiger partial charge on any atom is 0.340 e. The number of hydrogen-bond donors (Lipinski definition) is 1. The van der Waals surface area contributed by atoms with Gasteiger partial charge in [-0.15, -0.1) is 0 Å². The Morgan fingerprint density at radius 2 is 2.16 bits per heavy atom. The van der Waals surface area contributed by atoms with Gasteiger partial charge in [0.05, 0.1) is 10.6 Å². The predicted octanol–water partition coefficient (Wildman–Crippen LogP) is 2.21. The van der Waals surface area contributed by atoms with Crippen molar-refractivity contribution in [2.45, 2.75) is 31.9 Å². The van der Waals surface area contributed by atoms with E-state index in [1.165, 1.54) is 19.2 Å². The number of rotatable bonds is 4. The summed E-state index contributed by atoms with van der Waals surface area (Å²) in [4.78, 5) is 27.2. The van der Waals surface area contributed by atoms with Crippen molar-refractivity contribution in [3.8, 4) is 0 Å². The van der Waals surface area contributed by atoms with Crippen molar-refractivity contribution >= 4 is 35.1 Å². The fraction of sp³-hybridized carbons (Fsp3) is 0.417. The monoisotopic (exact) mass is 302 g/mol. The summed E-state index contributed by atoms with van der Waals surface area (Å²) in [6.45, 7) is 1.51. The Kier molecular flexibility index (Phi) is 4.27. The van der Waals surface area contributed by atoms with Gasteiger partial charge in [0.25, 0.3) is 5.91 Å². The normalized spacial score (nSPS) is 15.7. The number of amides is 1. The molecule has 1 aliphatic rings. The first-order valence-corrected chi connectivity index (χ1v) is 6.55. The summed E-state index contributed by atoms with van der Waals surface area (Å²) < 4.78 is 5.03. The Balaban J connectivity index is 1.95. The first-order chi connectivity index (χ1) is 8.97. The molecule has 1 aromatic heterocycles. The van der Waals surface area contributed by atoms with Gasteiger partial charge in [-0.25, -0.2) is 9.78 Å². The molecule has 0 aromatic carbocycles. The van der Waals surface area contributed by atoms with E-state index in [4.69, 9.17) is 27.9 Å². The quantitative estimate of drug-likeness (QED) is 0.684. The predicted molar refractivity (Wildman–Crippen MR) is 70.3 cm³/mol. The highest BCUT2D eigenvalue weighted by Crippen LogP contribution is 2.21. The average molecular weight is 303 g/mol. The SMILES string of the molecule is C[C@@H](OC(=O)c1cnc(Cl)c(Cl)c1)C(=O)NC1CC1. The molecular formula is C12H12Cl2N2O3. The van der Waals surface area contributed by atoms with E-state index >= 15 is 0 Å². The van der Waals surface area contributed by atoms with E-state index in [0.717, 1.165) is 12.8 Å². The van der Waals surface area contributed by atoms with Gasteiger partial charge < -0.3 is 10.1 Å². The van der Waals surface area contributed by atoms with E-state index in [0.29, 0.717) is 0 Å². The van der Waals surface area contributed by atoms with E-state index in [1.807, 2.05) is 0 Å². The second-order valence-corrected chi connectivity index (χ2v) is 5.09. The van der Waals surface area contributed by atoms with Crippen molar-refractivity contribution in [3.63, 3.8) is 0 Å². The van der Waals surface area contributed by atoms with Crippen LogP contribution in [0.15, 0.2) is 12.3 Å². The van der Waals surface area contributed by atoms with Gasteiger partial charge in [0.1, 0.15) is 5.15 Å². The number of pyridine rings is 1.